The summed E-state index contributed by atoms with van der Waals surface area (Å²) in [7, 11) is 3.33. The molecule has 0 radical (unpaired) electrons. The summed E-state index contributed by atoms with van der Waals surface area (Å²) in [5.74, 6) is 2.64. The monoisotopic (exact) mass is 397 g/mol. The van der Waals surface area contributed by atoms with Crippen molar-refractivity contribution >= 4 is 17.7 Å². The number of carbonyl (C=O) groups is 1. The Labute approximate surface area is 171 Å². The Balaban J connectivity index is 1.93. The molecule has 1 saturated heterocycles. The molecule has 2 aliphatic heterocycles. The smallest absolute Gasteiger partial charge is 0.237 e. The topological polar surface area (TPSA) is 38.8 Å². The van der Waals surface area contributed by atoms with Crippen LogP contribution in [0.15, 0.2) is 42.5 Å². The van der Waals surface area contributed by atoms with Crippen molar-refractivity contribution in [3.05, 3.63) is 59.2 Å². The van der Waals surface area contributed by atoms with Crippen LogP contribution in [0.25, 0.3) is 0 Å². The number of thioether (sulfide) groups is 1. The molecule has 0 spiro atoms. The minimum atomic E-state index is -0.312. The molecule has 4 rings (SSSR count). The van der Waals surface area contributed by atoms with E-state index in [-0.39, 0.29) is 22.6 Å². The van der Waals surface area contributed by atoms with Crippen molar-refractivity contribution in [2.45, 2.75) is 37.0 Å². The summed E-state index contributed by atoms with van der Waals surface area (Å²) in [6.07, 6.45) is 0.840. The van der Waals surface area contributed by atoms with Crippen molar-refractivity contribution in [3.8, 4) is 11.5 Å². The lowest BCUT2D eigenvalue weighted by Crippen LogP contribution is -2.40. The molecule has 28 heavy (non-hydrogen) atoms. The second kappa shape index (κ2) is 7.36. The molecule has 0 N–H and O–H groups in total. The van der Waals surface area contributed by atoms with Gasteiger partial charge >= 0.3 is 0 Å². The van der Waals surface area contributed by atoms with Gasteiger partial charge in [-0.2, -0.15) is 0 Å². The molecule has 0 aromatic heterocycles. The van der Waals surface area contributed by atoms with Crippen LogP contribution in [0.3, 0.4) is 0 Å². The van der Waals surface area contributed by atoms with Gasteiger partial charge in [0, 0.05) is 12.0 Å². The predicted molar refractivity (Wildman–Crippen MR) is 113 cm³/mol. The maximum atomic E-state index is 13.5. The second-order valence-electron chi connectivity index (χ2n) is 7.57. The molecule has 4 nitrogen and oxygen atoms in total. The number of hydrogen-bond acceptors (Lipinski definition) is 4. The fourth-order valence-corrected chi connectivity index (χ4v) is 6.12. The largest absolute Gasteiger partial charge is 0.493 e. The Hall–Kier alpha value is -2.14. The third-order valence-electron chi connectivity index (χ3n) is 6.22. The van der Waals surface area contributed by atoms with Crippen molar-refractivity contribution in [1.82, 2.24) is 4.90 Å². The highest BCUT2D eigenvalue weighted by atomic mass is 32.2. The third-order valence-corrected chi connectivity index (χ3v) is 7.58. The number of methoxy groups -OCH3 is 2. The van der Waals surface area contributed by atoms with Crippen LogP contribution in [0.2, 0.25) is 0 Å². The van der Waals surface area contributed by atoms with Gasteiger partial charge in [-0.25, -0.2) is 0 Å². The number of fused-ring (bicyclic) bond motifs is 3. The molecule has 2 aromatic rings. The number of nitrogens with zero attached hydrogens (tertiary/aromatic N) is 1. The Morgan fingerprint density at radius 3 is 2.46 bits per heavy atom. The summed E-state index contributed by atoms with van der Waals surface area (Å²) in [4.78, 5) is 15.5. The molecule has 0 aliphatic carbocycles. The number of benzene rings is 2. The molecular weight excluding hydrogens is 370 g/mol. The minimum absolute atomic E-state index is 0.00462. The van der Waals surface area contributed by atoms with Crippen molar-refractivity contribution in [2.75, 3.05) is 26.5 Å². The number of amides is 1. The van der Waals surface area contributed by atoms with Gasteiger partial charge in [-0.3, -0.25) is 4.79 Å². The molecule has 5 heteroatoms. The molecule has 0 saturated carbocycles. The highest BCUT2D eigenvalue weighted by Crippen LogP contribution is 2.56. The van der Waals surface area contributed by atoms with Crippen LogP contribution in [0.5, 0.6) is 11.5 Å². The fourth-order valence-electron chi connectivity index (χ4n) is 4.90. The van der Waals surface area contributed by atoms with Gasteiger partial charge in [-0.05, 0) is 41.0 Å². The van der Waals surface area contributed by atoms with Crippen LogP contribution in [0.1, 0.15) is 36.6 Å². The van der Waals surface area contributed by atoms with E-state index in [4.69, 9.17) is 9.47 Å². The number of rotatable bonds is 5. The first kappa shape index (κ1) is 19.2. The van der Waals surface area contributed by atoms with Crippen LogP contribution < -0.4 is 9.47 Å². The van der Waals surface area contributed by atoms with E-state index in [1.807, 2.05) is 6.07 Å². The lowest BCUT2D eigenvalue weighted by molar-refractivity contribution is -0.128. The predicted octanol–water partition coefficient (Wildman–Crippen LogP) is 4.22. The van der Waals surface area contributed by atoms with E-state index in [1.165, 1.54) is 16.7 Å². The van der Waals surface area contributed by atoms with Crippen molar-refractivity contribution < 1.29 is 14.3 Å². The van der Waals surface area contributed by atoms with E-state index < -0.39 is 0 Å². The Kier molecular flexibility index (Phi) is 5.04. The van der Waals surface area contributed by atoms with Crippen LogP contribution in [0, 0.1) is 0 Å². The number of carbonyl (C=O) groups excluding carboxylic acids is 1. The summed E-state index contributed by atoms with van der Waals surface area (Å²) in [6.45, 7) is 5.13. The second-order valence-corrected chi connectivity index (χ2v) is 8.96. The van der Waals surface area contributed by atoms with Gasteiger partial charge in [0.25, 0.3) is 0 Å². The fraction of sp³-hybridized carbons (Fsp3) is 0.435. The normalized spacial score (nSPS) is 26.0. The molecule has 2 heterocycles. The van der Waals surface area contributed by atoms with Crippen molar-refractivity contribution in [3.63, 3.8) is 0 Å². The zero-order chi connectivity index (χ0) is 19.9. The molecule has 2 aromatic carbocycles. The quantitative estimate of drug-likeness (QED) is 0.757. The third kappa shape index (κ3) is 2.71. The van der Waals surface area contributed by atoms with Gasteiger partial charge in [-0.15, -0.1) is 11.8 Å². The molecule has 3 atom stereocenters. The number of ether oxygens (including phenoxy) is 2. The highest BCUT2D eigenvalue weighted by Gasteiger charge is 2.59. The minimum Gasteiger partial charge on any atom is -0.493 e. The molecule has 148 valence electrons. The highest BCUT2D eigenvalue weighted by molar-refractivity contribution is 8.00. The van der Waals surface area contributed by atoms with Gasteiger partial charge < -0.3 is 14.4 Å². The van der Waals surface area contributed by atoms with Gasteiger partial charge in [-0.1, -0.05) is 44.2 Å². The zero-order valence-electron chi connectivity index (χ0n) is 16.9. The molecule has 1 amide bonds. The Bertz CT molecular complexity index is 885. The average Bonchev–Trinajstić information content (AvgIpc) is 2.96. The van der Waals surface area contributed by atoms with Crippen molar-refractivity contribution in [1.29, 1.82) is 0 Å². The first-order valence-electron chi connectivity index (χ1n) is 9.78. The molecule has 0 bridgehead atoms. The first-order chi connectivity index (χ1) is 13.6. The number of hydrogen-bond donors (Lipinski definition) is 0. The van der Waals surface area contributed by atoms with E-state index in [0.717, 1.165) is 30.2 Å². The van der Waals surface area contributed by atoms with E-state index in [2.05, 4.69) is 55.1 Å². The van der Waals surface area contributed by atoms with E-state index in [1.54, 1.807) is 26.0 Å². The lowest BCUT2D eigenvalue weighted by atomic mass is 9.71. The van der Waals surface area contributed by atoms with Gasteiger partial charge in [0.05, 0.1) is 25.5 Å². The molecule has 0 unspecified atom stereocenters. The van der Waals surface area contributed by atoms with E-state index in [9.17, 15) is 4.79 Å². The van der Waals surface area contributed by atoms with Crippen molar-refractivity contribution in [2.24, 2.45) is 0 Å². The standard InChI is InChI=1S/C23H27NO3S/c1-5-28-21-22(25)24-12-11-15-13-18(26-3)19(27-4)14-17(15)20(24)23(21,2)16-9-7-6-8-10-16/h6-10,13-14,20-21H,5,11-12H2,1-4H3/t20-,21+,23+/m1/s1. The van der Waals surface area contributed by atoms with Gasteiger partial charge in [0.1, 0.15) is 0 Å². The first-order valence-corrected chi connectivity index (χ1v) is 10.8. The van der Waals surface area contributed by atoms with Gasteiger partial charge in [0.2, 0.25) is 5.91 Å². The molecule has 2 aliphatic rings. The summed E-state index contributed by atoms with van der Waals surface area (Å²) in [5.41, 5.74) is 3.33. The van der Waals surface area contributed by atoms with Crippen LogP contribution in [-0.2, 0) is 16.6 Å². The maximum absolute atomic E-state index is 13.5. The summed E-state index contributed by atoms with van der Waals surface area (Å²) < 4.78 is 11.1. The van der Waals surface area contributed by atoms with Crippen LogP contribution in [0.4, 0.5) is 0 Å². The summed E-state index contributed by atoms with van der Waals surface area (Å²) in [6, 6.07) is 14.7. The van der Waals surface area contributed by atoms with Crippen LogP contribution >= 0.6 is 11.8 Å². The van der Waals surface area contributed by atoms with E-state index >= 15 is 0 Å². The van der Waals surface area contributed by atoms with Gasteiger partial charge in [0.15, 0.2) is 11.5 Å². The van der Waals surface area contributed by atoms with Crippen LogP contribution in [-0.4, -0.2) is 42.6 Å². The SMILES string of the molecule is CCS[C@H]1C(=O)N2CCc3cc(OC)c(OC)cc3[C@@H]2[C@]1(C)c1ccccc1. The Morgan fingerprint density at radius 2 is 1.82 bits per heavy atom. The Morgan fingerprint density at radius 1 is 1.14 bits per heavy atom. The summed E-state index contributed by atoms with van der Waals surface area (Å²) in [5, 5.41) is -0.0936. The summed E-state index contributed by atoms with van der Waals surface area (Å²) >= 11 is 1.76. The molecule has 1 fully saturated rings. The van der Waals surface area contributed by atoms with E-state index in [0.29, 0.717) is 0 Å². The zero-order valence-corrected chi connectivity index (χ0v) is 17.7. The molecular formula is C23H27NO3S. The average molecular weight is 398 g/mol. The maximum Gasteiger partial charge on any atom is 0.237 e. The lowest BCUT2D eigenvalue weighted by Gasteiger charge is -2.41.